The number of benzene rings is 7. The van der Waals surface area contributed by atoms with Crippen LogP contribution in [-0.2, 0) is 6.42 Å². The molecule has 0 bridgehead atoms. The molecule has 1 aliphatic carbocycles. The van der Waals surface area contributed by atoms with Crippen LogP contribution in [0.5, 0.6) is 0 Å². The normalized spacial score (nSPS) is 14.1. The number of rotatable bonds is 3. The lowest BCUT2D eigenvalue weighted by atomic mass is 9.85. The highest BCUT2D eigenvalue weighted by Crippen LogP contribution is 2.47. The van der Waals surface area contributed by atoms with Crippen molar-refractivity contribution in [3.63, 3.8) is 0 Å². The molecule has 1 aliphatic rings. The molecule has 240 valence electrons. The zero-order valence-electron chi connectivity index (χ0n) is 28.1. The number of pyridine rings is 1. The summed E-state index contributed by atoms with van der Waals surface area (Å²) in [5.74, 6) is 0.344. The fourth-order valence-corrected chi connectivity index (χ4v) is 9.68. The fraction of sp³-hybridized carbons (Fsp3) is 0.0625. The lowest BCUT2D eigenvalue weighted by Gasteiger charge is -2.23. The second kappa shape index (κ2) is 11.0. The molecular weight excluding hydrogens is 637 g/mol. The van der Waals surface area contributed by atoms with Gasteiger partial charge in [0.05, 0.1) is 21.8 Å². The molecule has 0 amide bonds. The highest BCUT2D eigenvalue weighted by molar-refractivity contribution is 7.26. The average Bonchev–Trinajstić information content (AvgIpc) is 3.78. The summed E-state index contributed by atoms with van der Waals surface area (Å²) in [4.78, 5) is 5.52. The maximum absolute atomic E-state index is 5.52. The Morgan fingerprint density at radius 2 is 1.20 bits per heavy atom. The maximum atomic E-state index is 5.52. The molecule has 3 heterocycles. The molecule has 1 atom stereocenters. The van der Waals surface area contributed by atoms with Crippen LogP contribution >= 0.6 is 11.3 Å². The van der Waals surface area contributed by atoms with Gasteiger partial charge in [-0.1, -0.05) is 146 Å². The van der Waals surface area contributed by atoms with Gasteiger partial charge in [0.1, 0.15) is 0 Å². The van der Waals surface area contributed by atoms with Gasteiger partial charge in [-0.05, 0) is 79.5 Å². The number of imidazole rings is 1. The molecular formula is C48H32N2S. The first-order valence-electron chi connectivity index (χ1n) is 17.8. The zero-order valence-corrected chi connectivity index (χ0v) is 28.9. The van der Waals surface area contributed by atoms with E-state index in [9.17, 15) is 0 Å². The van der Waals surface area contributed by atoms with Crippen LogP contribution in [0.4, 0.5) is 0 Å². The number of thiophene rings is 1. The Balaban J connectivity index is 1.08. The first kappa shape index (κ1) is 28.8. The van der Waals surface area contributed by atoms with Crippen molar-refractivity contribution in [1.29, 1.82) is 0 Å². The molecule has 3 aromatic heterocycles. The smallest absolute Gasteiger partial charge is 0.156 e. The van der Waals surface area contributed by atoms with Crippen LogP contribution in [0.3, 0.4) is 0 Å². The van der Waals surface area contributed by atoms with E-state index in [0.29, 0.717) is 5.92 Å². The molecule has 0 saturated heterocycles. The Morgan fingerprint density at radius 1 is 0.569 bits per heavy atom. The van der Waals surface area contributed by atoms with Gasteiger partial charge in [0.2, 0.25) is 0 Å². The molecule has 3 heteroatoms. The van der Waals surface area contributed by atoms with Gasteiger partial charge in [-0.15, -0.1) is 11.3 Å². The van der Waals surface area contributed by atoms with Gasteiger partial charge in [-0.25, -0.2) is 4.98 Å². The summed E-state index contributed by atoms with van der Waals surface area (Å²) < 4.78 is 5.05. The molecule has 0 spiro atoms. The van der Waals surface area contributed by atoms with Gasteiger partial charge in [-0.3, -0.25) is 4.40 Å². The molecule has 51 heavy (non-hydrogen) atoms. The summed E-state index contributed by atoms with van der Waals surface area (Å²) in [7, 11) is 0. The van der Waals surface area contributed by atoms with Crippen molar-refractivity contribution in [2.45, 2.75) is 19.3 Å². The Labute approximate surface area is 299 Å². The molecule has 2 nitrogen and oxygen atoms in total. The van der Waals surface area contributed by atoms with Gasteiger partial charge in [0, 0.05) is 27.0 Å². The Hall–Kier alpha value is -6.03. The largest absolute Gasteiger partial charge is 0.295 e. The van der Waals surface area contributed by atoms with Gasteiger partial charge in [-0.2, -0.15) is 0 Å². The third kappa shape index (κ3) is 4.38. The van der Waals surface area contributed by atoms with E-state index in [2.05, 4.69) is 169 Å². The molecule has 0 N–H and O–H groups in total. The third-order valence-electron chi connectivity index (χ3n) is 11.0. The van der Waals surface area contributed by atoms with E-state index in [1.54, 1.807) is 0 Å². The van der Waals surface area contributed by atoms with Crippen LogP contribution in [0.1, 0.15) is 24.1 Å². The predicted molar refractivity (Wildman–Crippen MR) is 217 cm³/mol. The highest BCUT2D eigenvalue weighted by Gasteiger charge is 2.30. The van der Waals surface area contributed by atoms with Crippen molar-refractivity contribution in [1.82, 2.24) is 9.38 Å². The first-order valence-corrected chi connectivity index (χ1v) is 18.6. The van der Waals surface area contributed by atoms with Gasteiger partial charge >= 0.3 is 0 Å². The van der Waals surface area contributed by atoms with Crippen LogP contribution in [0.15, 0.2) is 158 Å². The van der Waals surface area contributed by atoms with Crippen LogP contribution in [0, 0.1) is 0 Å². The quantitative estimate of drug-likeness (QED) is 0.183. The summed E-state index contributed by atoms with van der Waals surface area (Å²) in [6, 6.07) is 58.0. The third-order valence-corrected chi connectivity index (χ3v) is 12.2. The van der Waals surface area contributed by atoms with E-state index in [-0.39, 0.29) is 0 Å². The van der Waals surface area contributed by atoms with Crippen LogP contribution in [-0.4, -0.2) is 9.38 Å². The standard InChI is InChI=1S/C48H32N2S/c1-29-26-38-11-5-7-13-40(38)45-46(29)50-42(28-41-44-39-12-6-4-9-34(39)24-25-43(44)51-47(41)48(50)49-45)35-21-18-32(19-22-35)31-14-16-33(17-15-31)37-23-20-30-8-2-3-10-36(30)27-37/h2-25,27-29H,26H2,1H3. The summed E-state index contributed by atoms with van der Waals surface area (Å²) in [6.45, 7) is 2.36. The SMILES string of the molecule is CC1Cc2ccccc2-c2nc3c4sc5ccc6ccccc6c5c4cc(-c4ccc(-c5ccc(-c6ccc7ccccc7c6)cc5)cc4)n3c21. The summed E-state index contributed by atoms with van der Waals surface area (Å²) in [5.41, 5.74) is 13.5. The zero-order chi connectivity index (χ0) is 33.6. The molecule has 7 aromatic carbocycles. The monoisotopic (exact) mass is 668 g/mol. The Kier molecular flexibility index (Phi) is 6.20. The average molecular weight is 669 g/mol. The summed E-state index contributed by atoms with van der Waals surface area (Å²) in [5, 5.41) is 7.72. The summed E-state index contributed by atoms with van der Waals surface area (Å²) >= 11 is 1.87. The lowest BCUT2D eigenvalue weighted by Crippen LogP contribution is -2.11. The van der Waals surface area contributed by atoms with Gasteiger partial charge < -0.3 is 0 Å². The van der Waals surface area contributed by atoms with E-state index in [1.165, 1.54) is 92.0 Å². The topological polar surface area (TPSA) is 17.3 Å². The van der Waals surface area contributed by atoms with E-state index in [0.717, 1.165) is 17.8 Å². The van der Waals surface area contributed by atoms with Crippen molar-refractivity contribution in [2.24, 2.45) is 0 Å². The summed E-state index contributed by atoms with van der Waals surface area (Å²) in [6.07, 6.45) is 1.01. The van der Waals surface area contributed by atoms with Crippen LogP contribution < -0.4 is 0 Å². The van der Waals surface area contributed by atoms with Crippen molar-refractivity contribution < 1.29 is 0 Å². The van der Waals surface area contributed by atoms with Crippen LogP contribution in [0.2, 0.25) is 0 Å². The molecule has 1 unspecified atom stereocenters. The molecule has 0 radical (unpaired) electrons. The Bertz CT molecular complexity index is 3000. The maximum Gasteiger partial charge on any atom is 0.156 e. The number of aromatic nitrogens is 2. The van der Waals surface area contributed by atoms with Crippen molar-refractivity contribution in [3.8, 4) is 44.8 Å². The van der Waals surface area contributed by atoms with E-state index < -0.39 is 0 Å². The Morgan fingerprint density at radius 3 is 2.00 bits per heavy atom. The first-order chi connectivity index (χ1) is 25.2. The van der Waals surface area contributed by atoms with Crippen molar-refractivity contribution >= 4 is 58.7 Å². The van der Waals surface area contributed by atoms with E-state index in [1.807, 2.05) is 11.3 Å². The van der Waals surface area contributed by atoms with Gasteiger partial charge in [0.15, 0.2) is 5.65 Å². The molecule has 0 aliphatic heterocycles. The van der Waals surface area contributed by atoms with Gasteiger partial charge in [0.25, 0.3) is 0 Å². The molecule has 0 fully saturated rings. The minimum Gasteiger partial charge on any atom is -0.295 e. The minimum atomic E-state index is 0.344. The molecule has 0 saturated carbocycles. The van der Waals surface area contributed by atoms with Crippen molar-refractivity contribution in [3.05, 3.63) is 169 Å². The highest BCUT2D eigenvalue weighted by atomic mass is 32.1. The number of hydrogen-bond donors (Lipinski definition) is 0. The van der Waals surface area contributed by atoms with Crippen molar-refractivity contribution in [2.75, 3.05) is 0 Å². The number of fused-ring (bicyclic) bond motifs is 12. The predicted octanol–water partition coefficient (Wildman–Crippen LogP) is 13.3. The van der Waals surface area contributed by atoms with E-state index in [4.69, 9.17) is 4.98 Å². The fourth-order valence-electron chi connectivity index (χ4n) is 8.51. The second-order valence-electron chi connectivity index (χ2n) is 14.0. The second-order valence-corrected chi connectivity index (χ2v) is 15.1. The molecule has 10 aromatic rings. The number of nitrogens with zero attached hydrogens (tertiary/aromatic N) is 2. The minimum absolute atomic E-state index is 0.344. The van der Waals surface area contributed by atoms with E-state index >= 15 is 0 Å². The van der Waals surface area contributed by atoms with Crippen LogP contribution in [0.25, 0.3) is 92.1 Å². The number of hydrogen-bond acceptors (Lipinski definition) is 2. The lowest BCUT2D eigenvalue weighted by molar-refractivity contribution is 0.715. The molecule has 11 rings (SSSR count).